The summed E-state index contributed by atoms with van der Waals surface area (Å²) in [6, 6.07) is 0. The highest BCUT2D eigenvalue weighted by molar-refractivity contribution is 7.89. The smallest absolute Gasteiger partial charge is 0.259 e. The molecule has 1 aliphatic rings. The number of aryl methyl sites for hydroxylation is 2. The van der Waals surface area contributed by atoms with Gasteiger partial charge in [-0.25, -0.2) is 18.1 Å². The lowest BCUT2D eigenvalue weighted by molar-refractivity contribution is -0.120. The van der Waals surface area contributed by atoms with E-state index in [1.165, 1.54) is 6.20 Å². The van der Waals surface area contributed by atoms with Crippen LogP contribution in [0.5, 0.6) is 0 Å². The van der Waals surface area contributed by atoms with E-state index in [0.717, 1.165) is 39.1 Å². The van der Waals surface area contributed by atoms with Crippen molar-refractivity contribution in [3.05, 3.63) is 12.0 Å². The highest BCUT2D eigenvalue weighted by Crippen LogP contribution is 2.07. The standard InChI is InChI=1S/C15H28N6O3S.ClH/c1-13-19-15(12-20(13)2)25(23,24)18-6-4-14(22)17-5-3-9-21-10-7-16-8-11-21;/h12,16,18H,3-11H2,1-2H3,(H,17,22);1H. The molecule has 1 saturated heterocycles. The van der Waals surface area contributed by atoms with Crippen molar-refractivity contribution in [3.8, 4) is 0 Å². The largest absolute Gasteiger partial charge is 0.356 e. The molecular weight excluding hydrogens is 380 g/mol. The van der Waals surface area contributed by atoms with E-state index in [1.54, 1.807) is 18.5 Å². The molecule has 1 aliphatic heterocycles. The molecule has 0 aromatic carbocycles. The van der Waals surface area contributed by atoms with Gasteiger partial charge >= 0.3 is 0 Å². The van der Waals surface area contributed by atoms with Crippen LogP contribution in [0.4, 0.5) is 0 Å². The predicted molar refractivity (Wildman–Crippen MR) is 102 cm³/mol. The Morgan fingerprint density at radius 3 is 2.62 bits per heavy atom. The van der Waals surface area contributed by atoms with Crippen LogP contribution in [-0.4, -0.2) is 74.6 Å². The fourth-order valence-corrected chi connectivity index (χ4v) is 3.65. The maximum absolute atomic E-state index is 12.1. The molecule has 1 fully saturated rings. The number of rotatable bonds is 9. The number of nitrogens with one attached hydrogen (secondary N) is 3. The predicted octanol–water partition coefficient (Wildman–Crippen LogP) is -0.770. The highest BCUT2D eigenvalue weighted by atomic mass is 35.5. The number of sulfonamides is 1. The lowest BCUT2D eigenvalue weighted by atomic mass is 10.3. The minimum atomic E-state index is -3.67. The number of hydrogen-bond acceptors (Lipinski definition) is 6. The first-order valence-corrected chi connectivity index (χ1v) is 10.1. The molecule has 11 heteroatoms. The van der Waals surface area contributed by atoms with Crippen LogP contribution in [0, 0.1) is 6.92 Å². The van der Waals surface area contributed by atoms with E-state index in [9.17, 15) is 13.2 Å². The zero-order valence-corrected chi connectivity index (χ0v) is 17.0. The third-order valence-electron chi connectivity index (χ3n) is 4.19. The summed E-state index contributed by atoms with van der Waals surface area (Å²) in [5, 5.41) is 6.10. The summed E-state index contributed by atoms with van der Waals surface area (Å²) in [6.45, 7) is 7.48. The average molecular weight is 409 g/mol. The number of carbonyl (C=O) groups is 1. The highest BCUT2D eigenvalue weighted by Gasteiger charge is 2.18. The van der Waals surface area contributed by atoms with Crippen molar-refractivity contribution in [2.45, 2.75) is 24.8 Å². The summed E-state index contributed by atoms with van der Waals surface area (Å²) < 4.78 is 28.2. The number of imidazole rings is 1. The van der Waals surface area contributed by atoms with E-state index in [1.807, 2.05) is 0 Å². The van der Waals surface area contributed by atoms with Crippen LogP contribution in [0.1, 0.15) is 18.7 Å². The van der Waals surface area contributed by atoms with Gasteiger partial charge in [-0.15, -0.1) is 12.4 Å². The van der Waals surface area contributed by atoms with Gasteiger partial charge in [0.25, 0.3) is 10.0 Å². The van der Waals surface area contributed by atoms with E-state index in [2.05, 4.69) is 25.2 Å². The maximum atomic E-state index is 12.1. The summed E-state index contributed by atoms with van der Waals surface area (Å²) >= 11 is 0. The molecule has 0 saturated carbocycles. The molecule has 1 aromatic heterocycles. The van der Waals surface area contributed by atoms with Gasteiger partial charge in [-0.2, -0.15) is 0 Å². The summed E-state index contributed by atoms with van der Waals surface area (Å²) in [6.07, 6.45) is 2.46. The maximum Gasteiger partial charge on any atom is 0.259 e. The van der Waals surface area contributed by atoms with Crippen LogP contribution in [-0.2, 0) is 21.9 Å². The monoisotopic (exact) mass is 408 g/mol. The van der Waals surface area contributed by atoms with Crippen molar-refractivity contribution < 1.29 is 13.2 Å². The van der Waals surface area contributed by atoms with Crippen molar-refractivity contribution in [2.24, 2.45) is 7.05 Å². The number of carbonyl (C=O) groups excluding carboxylic acids is 1. The van der Waals surface area contributed by atoms with Crippen LogP contribution in [0.25, 0.3) is 0 Å². The Balaban J connectivity index is 0.00000338. The quantitative estimate of drug-likeness (QED) is 0.463. The molecule has 2 rings (SSSR count). The molecule has 0 atom stereocenters. The van der Waals surface area contributed by atoms with Gasteiger partial charge in [0.1, 0.15) is 5.82 Å². The van der Waals surface area contributed by atoms with Crippen molar-refractivity contribution >= 4 is 28.3 Å². The number of halogens is 1. The van der Waals surface area contributed by atoms with Gasteiger partial charge in [-0.3, -0.25) is 4.79 Å². The summed E-state index contributed by atoms with van der Waals surface area (Å²) in [5.41, 5.74) is 0. The summed E-state index contributed by atoms with van der Waals surface area (Å²) in [4.78, 5) is 18.1. The van der Waals surface area contributed by atoms with Crippen molar-refractivity contribution in [2.75, 3.05) is 45.8 Å². The number of hydrogen-bond donors (Lipinski definition) is 3. The normalized spacial score (nSPS) is 15.5. The third-order valence-corrected chi connectivity index (χ3v) is 5.52. The Kier molecular flexibility index (Phi) is 9.51. The van der Waals surface area contributed by atoms with Gasteiger partial charge in [0, 0.05) is 58.9 Å². The van der Waals surface area contributed by atoms with Crippen LogP contribution < -0.4 is 15.4 Å². The first kappa shape index (κ1) is 22.8. The van der Waals surface area contributed by atoms with E-state index >= 15 is 0 Å². The van der Waals surface area contributed by atoms with Crippen molar-refractivity contribution in [3.63, 3.8) is 0 Å². The molecule has 3 N–H and O–H groups in total. The molecule has 1 amide bonds. The lowest BCUT2D eigenvalue weighted by Gasteiger charge is -2.27. The van der Waals surface area contributed by atoms with Gasteiger partial charge in [0.15, 0.2) is 5.03 Å². The zero-order valence-electron chi connectivity index (χ0n) is 15.3. The van der Waals surface area contributed by atoms with E-state index in [0.29, 0.717) is 12.4 Å². The molecule has 0 aliphatic carbocycles. The Bertz CT molecular complexity index is 653. The van der Waals surface area contributed by atoms with E-state index < -0.39 is 10.0 Å². The molecule has 9 nitrogen and oxygen atoms in total. The average Bonchev–Trinajstić information content (AvgIpc) is 2.92. The molecule has 2 heterocycles. The molecule has 1 aromatic rings. The first-order valence-electron chi connectivity index (χ1n) is 8.58. The third kappa shape index (κ3) is 7.20. The molecule has 150 valence electrons. The summed E-state index contributed by atoms with van der Waals surface area (Å²) in [5.74, 6) is 0.461. The number of piperazine rings is 1. The molecule has 0 spiro atoms. The van der Waals surface area contributed by atoms with Crippen LogP contribution in [0.15, 0.2) is 11.2 Å². The van der Waals surface area contributed by atoms with Crippen molar-refractivity contribution in [1.29, 1.82) is 0 Å². The van der Waals surface area contributed by atoms with Gasteiger partial charge in [-0.1, -0.05) is 0 Å². The zero-order chi connectivity index (χ0) is 18.3. The van der Waals surface area contributed by atoms with Crippen LogP contribution in [0.2, 0.25) is 0 Å². The first-order chi connectivity index (χ1) is 11.9. The van der Waals surface area contributed by atoms with Crippen LogP contribution >= 0.6 is 12.4 Å². The number of nitrogens with zero attached hydrogens (tertiary/aromatic N) is 3. The second-order valence-corrected chi connectivity index (χ2v) is 7.89. The van der Waals surface area contributed by atoms with Crippen molar-refractivity contribution in [1.82, 2.24) is 29.8 Å². The molecular formula is C15H29ClN6O3S. The number of aromatic nitrogens is 2. The Morgan fingerprint density at radius 2 is 2.00 bits per heavy atom. The summed E-state index contributed by atoms with van der Waals surface area (Å²) in [7, 11) is -1.94. The minimum absolute atomic E-state index is 0. The second kappa shape index (κ2) is 10.8. The Morgan fingerprint density at radius 1 is 1.31 bits per heavy atom. The topological polar surface area (TPSA) is 108 Å². The van der Waals surface area contributed by atoms with Gasteiger partial charge < -0.3 is 20.1 Å². The van der Waals surface area contributed by atoms with Gasteiger partial charge in [0.05, 0.1) is 0 Å². The second-order valence-electron chi connectivity index (χ2n) is 6.18. The molecule has 26 heavy (non-hydrogen) atoms. The SMILES string of the molecule is Cc1nc(S(=O)(=O)NCCC(=O)NCCCN2CCNCC2)cn1C.Cl. The molecule has 0 bridgehead atoms. The van der Waals surface area contributed by atoms with Gasteiger partial charge in [0.2, 0.25) is 5.91 Å². The Labute approximate surface area is 161 Å². The van der Waals surface area contributed by atoms with Gasteiger partial charge in [-0.05, 0) is 19.9 Å². The van der Waals surface area contributed by atoms with E-state index in [-0.39, 0.29) is 36.3 Å². The fourth-order valence-electron chi connectivity index (χ4n) is 2.58. The number of amides is 1. The minimum Gasteiger partial charge on any atom is -0.356 e. The van der Waals surface area contributed by atoms with E-state index in [4.69, 9.17) is 0 Å². The Hall–Kier alpha value is -1.20. The fraction of sp³-hybridized carbons (Fsp3) is 0.733. The lowest BCUT2D eigenvalue weighted by Crippen LogP contribution is -2.44. The van der Waals surface area contributed by atoms with Crippen LogP contribution in [0.3, 0.4) is 0 Å². The molecule has 0 unspecified atom stereocenters. The molecule has 0 radical (unpaired) electrons.